The van der Waals surface area contributed by atoms with E-state index in [-0.39, 0.29) is 5.82 Å². The Labute approximate surface area is 120 Å². The molecule has 2 aromatic rings. The molecule has 0 saturated carbocycles. The molecule has 0 amide bonds. The largest absolute Gasteiger partial charge is 0.370 e. The predicted molar refractivity (Wildman–Crippen MR) is 73.6 cm³/mol. The van der Waals surface area contributed by atoms with E-state index in [0.717, 1.165) is 0 Å². The van der Waals surface area contributed by atoms with Crippen molar-refractivity contribution >= 4 is 30.3 Å². The molecular formula is C11H9BFN3OS2. The van der Waals surface area contributed by atoms with Crippen LogP contribution in [0.15, 0.2) is 35.7 Å². The van der Waals surface area contributed by atoms with Gasteiger partial charge in [0.15, 0.2) is 5.16 Å². The fourth-order valence-corrected chi connectivity index (χ4v) is 2.77. The van der Waals surface area contributed by atoms with Crippen LogP contribution in [-0.4, -0.2) is 28.6 Å². The Morgan fingerprint density at radius 3 is 3.00 bits per heavy atom. The fourth-order valence-electron chi connectivity index (χ4n) is 2.05. The summed E-state index contributed by atoms with van der Waals surface area (Å²) in [5, 5.41) is 4.74. The molecule has 96 valence electrons. The van der Waals surface area contributed by atoms with Crippen LogP contribution in [-0.2, 0) is 16.9 Å². The molecule has 1 saturated heterocycles. The maximum Gasteiger partial charge on any atom is 0.196 e. The molecule has 2 unspecified atom stereocenters. The number of halogens is 1. The maximum absolute atomic E-state index is 13.3. The first kappa shape index (κ1) is 13.0. The molecule has 0 aliphatic carbocycles. The molecule has 4 nitrogen and oxygen atoms in total. The topological polar surface area (TPSA) is 43.2 Å². The van der Waals surface area contributed by atoms with E-state index in [1.165, 1.54) is 29.3 Å². The second-order valence-electron chi connectivity index (χ2n) is 4.23. The lowest BCUT2D eigenvalue weighted by atomic mass is 9.85. The lowest BCUT2D eigenvalue weighted by molar-refractivity contribution is 0.260. The van der Waals surface area contributed by atoms with Gasteiger partial charge >= 0.3 is 0 Å². The Morgan fingerprint density at radius 2 is 2.37 bits per heavy atom. The fraction of sp³-hybridized carbons (Fsp3) is 0.273. The van der Waals surface area contributed by atoms with Crippen LogP contribution in [0.1, 0.15) is 5.56 Å². The number of epoxide rings is 1. The summed E-state index contributed by atoms with van der Waals surface area (Å²) in [6.45, 7) is 0.376. The highest BCUT2D eigenvalue weighted by Gasteiger charge is 2.54. The first-order valence-corrected chi connectivity index (χ1v) is 7.41. The zero-order valence-electron chi connectivity index (χ0n) is 9.73. The highest BCUT2D eigenvalue weighted by Crippen LogP contribution is 2.46. The molecule has 1 aromatic carbocycles. The Bertz CT molecular complexity index is 611. The highest BCUT2D eigenvalue weighted by atomic mass is 33.1. The molecule has 3 rings (SSSR count). The van der Waals surface area contributed by atoms with E-state index in [2.05, 4.69) is 21.7 Å². The standard InChI is InChI=1S/C11H9BFN3OS2/c12-9-11(17-9,7-2-1-3-8(13)4-7)5-16-10(19-18)14-6-15-16/h1-4,6,9,18H,5H2. The van der Waals surface area contributed by atoms with Gasteiger partial charge < -0.3 is 4.74 Å². The van der Waals surface area contributed by atoms with Crippen LogP contribution in [0.25, 0.3) is 0 Å². The summed E-state index contributed by atoms with van der Waals surface area (Å²) >= 11 is 4.10. The Kier molecular flexibility index (Phi) is 3.32. The van der Waals surface area contributed by atoms with Gasteiger partial charge in [0.05, 0.1) is 12.5 Å². The molecule has 2 atom stereocenters. The molecule has 1 aliphatic rings. The minimum atomic E-state index is -0.742. The van der Waals surface area contributed by atoms with Gasteiger partial charge in [-0.1, -0.05) is 12.1 Å². The molecule has 1 fully saturated rings. The van der Waals surface area contributed by atoms with Gasteiger partial charge in [0.1, 0.15) is 25.6 Å². The van der Waals surface area contributed by atoms with Crippen LogP contribution >= 0.6 is 22.5 Å². The minimum absolute atomic E-state index is 0.318. The van der Waals surface area contributed by atoms with Gasteiger partial charge in [0.25, 0.3) is 0 Å². The first-order valence-electron chi connectivity index (χ1n) is 5.54. The molecule has 0 N–H and O–H groups in total. The second-order valence-corrected chi connectivity index (χ2v) is 5.33. The Hall–Kier alpha value is -0.985. The summed E-state index contributed by atoms with van der Waals surface area (Å²) in [5.41, 5.74) is -0.0424. The van der Waals surface area contributed by atoms with E-state index in [0.29, 0.717) is 17.3 Å². The average molecular weight is 293 g/mol. The van der Waals surface area contributed by atoms with Crippen molar-refractivity contribution in [1.29, 1.82) is 0 Å². The van der Waals surface area contributed by atoms with E-state index in [9.17, 15) is 4.39 Å². The second kappa shape index (κ2) is 4.84. The van der Waals surface area contributed by atoms with Crippen molar-refractivity contribution in [2.75, 3.05) is 0 Å². The molecule has 8 heteroatoms. The van der Waals surface area contributed by atoms with Gasteiger partial charge in [0.2, 0.25) is 0 Å². The van der Waals surface area contributed by atoms with Crippen molar-refractivity contribution in [3.8, 4) is 0 Å². The number of rotatable bonds is 4. The number of nitrogens with zero attached hydrogens (tertiary/aromatic N) is 3. The van der Waals surface area contributed by atoms with Crippen LogP contribution in [0, 0.1) is 5.82 Å². The van der Waals surface area contributed by atoms with Gasteiger partial charge in [-0.2, -0.15) is 5.10 Å². The molecule has 1 aromatic heterocycles. The number of aromatic nitrogens is 3. The predicted octanol–water partition coefficient (Wildman–Crippen LogP) is 1.77. The number of hydrogen-bond donors (Lipinski definition) is 1. The first-order chi connectivity index (χ1) is 9.15. The van der Waals surface area contributed by atoms with Crippen LogP contribution in [0.5, 0.6) is 0 Å². The highest BCUT2D eigenvalue weighted by molar-refractivity contribution is 8.68. The molecule has 0 bridgehead atoms. The normalized spacial score (nSPS) is 25.5. The number of ether oxygens (including phenoxy) is 1. The Morgan fingerprint density at radius 1 is 1.58 bits per heavy atom. The van der Waals surface area contributed by atoms with Gasteiger partial charge in [-0.15, -0.1) is 11.7 Å². The zero-order valence-corrected chi connectivity index (χ0v) is 11.4. The lowest BCUT2D eigenvalue weighted by Gasteiger charge is -2.14. The molecule has 0 spiro atoms. The SMILES string of the molecule is [B]C1OC1(Cn1ncnc1SS)c1cccc(F)c1. The summed E-state index contributed by atoms with van der Waals surface area (Å²) in [6.07, 6.45) is 1.44. The molecule has 2 heterocycles. The third-order valence-electron chi connectivity index (χ3n) is 3.10. The van der Waals surface area contributed by atoms with Gasteiger partial charge in [-0.05, 0) is 28.5 Å². The molecular weight excluding hydrogens is 284 g/mol. The summed E-state index contributed by atoms with van der Waals surface area (Å²) in [7, 11) is 7.04. The third kappa shape index (κ3) is 2.28. The van der Waals surface area contributed by atoms with Crippen molar-refractivity contribution < 1.29 is 9.13 Å². The maximum atomic E-state index is 13.3. The van der Waals surface area contributed by atoms with E-state index < -0.39 is 11.6 Å². The van der Waals surface area contributed by atoms with Crippen LogP contribution < -0.4 is 0 Å². The quantitative estimate of drug-likeness (QED) is 0.404. The Balaban J connectivity index is 1.93. The summed E-state index contributed by atoms with van der Waals surface area (Å²) < 4.78 is 20.5. The van der Waals surface area contributed by atoms with Crippen LogP contribution in [0.3, 0.4) is 0 Å². The molecule has 1 aliphatic heterocycles. The van der Waals surface area contributed by atoms with E-state index >= 15 is 0 Å². The zero-order chi connectivity index (χ0) is 13.5. The van der Waals surface area contributed by atoms with Gasteiger partial charge in [-0.25, -0.2) is 14.1 Å². The van der Waals surface area contributed by atoms with E-state index in [1.54, 1.807) is 16.8 Å². The van der Waals surface area contributed by atoms with Crippen LogP contribution in [0.4, 0.5) is 4.39 Å². The number of thiol groups is 1. The third-order valence-corrected chi connectivity index (χ3v) is 4.07. The number of benzene rings is 1. The van der Waals surface area contributed by atoms with Crippen molar-refractivity contribution in [3.05, 3.63) is 42.0 Å². The minimum Gasteiger partial charge on any atom is -0.370 e. The molecule has 2 radical (unpaired) electrons. The monoisotopic (exact) mass is 293 g/mol. The van der Waals surface area contributed by atoms with Gasteiger partial charge in [-0.3, -0.25) is 0 Å². The van der Waals surface area contributed by atoms with Crippen molar-refractivity contribution in [1.82, 2.24) is 14.8 Å². The molecule has 19 heavy (non-hydrogen) atoms. The van der Waals surface area contributed by atoms with E-state index in [1.807, 2.05) is 0 Å². The summed E-state index contributed by atoms with van der Waals surface area (Å²) in [4.78, 5) is 4.05. The summed E-state index contributed by atoms with van der Waals surface area (Å²) in [6, 6.07) is 5.76. The average Bonchev–Trinajstić information content (AvgIpc) is 2.85. The van der Waals surface area contributed by atoms with E-state index in [4.69, 9.17) is 12.6 Å². The smallest absolute Gasteiger partial charge is 0.196 e. The van der Waals surface area contributed by atoms with Gasteiger partial charge in [0, 0.05) is 0 Å². The van der Waals surface area contributed by atoms with Crippen molar-refractivity contribution in [2.24, 2.45) is 0 Å². The summed E-state index contributed by atoms with van der Waals surface area (Å²) in [5.74, 6) is -0.318. The van der Waals surface area contributed by atoms with Crippen molar-refractivity contribution in [3.63, 3.8) is 0 Å². The van der Waals surface area contributed by atoms with Crippen molar-refractivity contribution in [2.45, 2.75) is 23.3 Å². The lowest BCUT2D eigenvalue weighted by Crippen LogP contribution is -2.22. The number of hydrogen-bond acceptors (Lipinski definition) is 5. The van der Waals surface area contributed by atoms with Crippen LogP contribution in [0.2, 0.25) is 0 Å².